The van der Waals surface area contributed by atoms with Gasteiger partial charge in [0.15, 0.2) is 0 Å². The summed E-state index contributed by atoms with van der Waals surface area (Å²) in [5.41, 5.74) is 5.55. The smallest absolute Gasteiger partial charge is 0.318 e. The maximum Gasteiger partial charge on any atom is 0.326 e. The second kappa shape index (κ2) is 5.18. The maximum absolute atomic E-state index is 11.6. The topological polar surface area (TPSA) is 63.1 Å². The molecule has 1 saturated heterocycles. The number of hydrogen-bond donors (Lipinski definition) is 2. The number of rotatable bonds is 2. The Balaban J connectivity index is 2.04. The third-order valence-electron chi connectivity index (χ3n) is 3.78. The zero-order valence-corrected chi connectivity index (χ0v) is 12.7. The summed E-state index contributed by atoms with van der Waals surface area (Å²) >= 11 is 0. The lowest BCUT2D eigenvalue weighted by Crippen LogP contribution is -2.22. The molecule has 1 aromatic heterocycles. The van der Waals surface area contributed by atoms with Crippen LogP contribution >= 0.6 is 0 Å². The summed E-state index contributed by atoms with van der Waals surface area (Å²) in [6, 6.07) is 9.78. The van der Waals surface area contributed by atoms with Crippen LogP contribution in [-0.4, -0.2) is 16.5 Å². The summed E-state index contributed by atoms with van der Waals surface area (Å²) in [5, 5.41) is 4.71. The summed E-state index contributed by atoms with van der Waals surface area (Å²) in [7, 11) is 0. The molecule has 3 rings (SSSR count). The number of urea groups is 1. The second-order valence-corrected chi connectivity index (χ2v) is 5.46. The van der Waals surface area contributed by atoms with Crippen LogP contribution < -0.4 is 10.6 Å². The normalized spacial score (nSPS) is 16.0. The van der Waals surface area contributed by atoms with Gasteiger partial charge in [0.25, 0.3) is 5.91 Å². The number of aromatic nitrogens is 1. The van der Waals surface area contributed by atoms with E-state index < -0.39 is 11.9 Å². The first-order valence-electron chi connectivity index (χ1n) is 7.06. The van der Waals surface area contributed by atoms with Gasteiger partial charge >= 0.3 is 6.03 Å². The minimum Gasteiger partial charge on any atom is -0.318 e. The largest absolute Gasteiger partial charge is 0.326 e. The molecule has 0 aliphatic carbocycles. The predicted molar refractivity (Wildman–Crippen MR) is 84.6 cm³/mol. The standard InChI is InChI=1S/C17H17N3O2/c1-10-4-6-14(7-5-10)20-11(2)8-13(12(20)3)9-15-16(21)19-17(22)18-15/h4-9H,1-3H3,(H2,18,19,21,22)/b15-9+. The van der Waals surface area contributed by atoms with Crippen LogP contribution in [0.4, 0.5) is 4.79 Å². The quantitative estimate of drug-likeness (QED) is 0.660. The van der Waals surface area contributed by atoms with Crippen molar-refractivity contribution >= 4 is 18.0 Å². The summed E-state index contributed by atoms with van der Waals surface area (Å²) in [5.74, 6) is -0.398. The minimum atomic E-state index is -0.483. The van der Waals surface area contributed by atoms with Gasteiger partial charge in [-0.3, -0.25) is 10.1 Å². The molecule has 0 saturated carbocycles. The highest BCUT2D eigenvalue weighted by Gasteiger charge is 2.23. The highest BCUT2D eigenvalue weighted by molar-refractivity contribution is 6.14. The first kappa shape index (κ1) is 14.1. The molecule has 0 radical (unpaired) electrons. The van der Waals surface area contributed by atoms with E-state index in [9.17, 15) is 9.59 Å². The van der Waals surface area contributed by atoms with Gasteiger partial charge in [0.2, 0.25) is 0 Å². The average Bonchev–Trinajstić information content (AvgIpc) is 2.92. The van der Waals surface area contributed by atoms with Crippen LogP contribution in [-0.2, 0) is 4.79 Å². The molecule has 0 unspecified atom stereocenters. The van der Waals surface area contributed by atoms with Gasteiger partial charge in [0.05, 0.1) is 0 Å². The number of aryl methyl sites for hydroxylation is 2. The summed E-state index contributed by atoms with van der Waals surface area (Å²) < 4.78 is 2.13. The number of hydrogen-bond acceptors (Lipinski definition) is 2. The molecule has 1 aliphatic rings. The first-order chi connectivity index (χ1) is 10.5. The van der Waals surface area contributed by atoms with Crippen LogP contribution in [0.15, 0.2) is 36.0 Å². The highest BCUT2D eigenvalue weighted by Crippen LogP contribution is 2.23. The van der Waals surface area contributed by atoms with Crippen molar-refractivity contribution in [3.8, 4) is 5.69 Å². The van der Waals surface area contributed by atoms with Gasteiger partial charge in [-0.15, -0.1) is 0 Å². The van der Waals surface area contributed by atoms with Crippen LogP contribution in [0, 0.1) is 20.8 Å². The van der Waals surface area contributed by atoms with E-state index in [1.165, 1.54) is 5.56 Å². The number of carbonyl (C=O) groups is 2. The fourth-order valence-electron chi connectivity index (χ4n) is 2.66. The average molecular weight is 295 g/mol. The van der Waals surface area contributed by atoms with Crippen molar-refractivity contribution in [3.05, 3.63) is 58.5 Å². The van der Waals surface area contributed by atoms with E-state index >= 15 is 0 Å². The summed E-state index contributed by atoms with van der Waals surface area (Å²) in [6.07, 6.45) is 1.70. The van der Waals surface area contributed by atoms with Gasteiger partial charge in [-0.1, -0.05) is 17.7 Å². The molecule has 0 spiro atoms. The van der Waals surface area contributed by atoms with E-state index in [1.807, 2.05) is 19.9 Å². The Labute approximate surface area is 128 Å². The van der Waals surface area contributed by atoms with Gasteiger partial charge < -0.3 is 9.88 Å². The molecule has 22 heavy (non-hydrogen) atoms. The van der Waals surface area contributed by atoms with Crippen molar-refractivity contribution in [2.75, 3.05) is 0 Å². The molecule has 5 heteroatoms. The van der Waals surface area contributed by atoms with Crippen molar-refractivity contribution in [2.24, 2.45) is 0 Å². The Morgan fingerprint density at radius 2 is 1.68 bits per heavy atom. The zero-order valence-electron chi connectivity index (χ0n) is 12.7. The van der Waals surface area contributed by atoms with Gasteiger partial charge in [0, 0.05) is 17.1 Å². The number of imide groups is 1. The van der Waals surface area contributed by atoms with Gasteiger partial charge in [-0.2, -0.15) is 0 Å². The third kappa shape index (κ3) is 2.41. The first-order valence-corrected chi connectivity index (χ1v) is 7.06. The molecule has 2 heterocycles. The molecule has 5 nitrogen and oxygen atoms in total. The van der Waals surface area contributed by atoms with Crippen LogP contribution in [0.2, 0.25) is 0 Å². The Bertz CT molecular complexity index is 798. The van der Waals surface area contributed by atoms with Crippen LogP contribution in [0.5, 0.6) is 0 Å². The Hall–Kier alpha value is -2.82. The van der Waals surface area contributed by atoms with Crippen molar-refractivity contribution in [2.45, 2.75) is 20.8 Å². The number of carbonyl (C=O) groups excluding carboxylic acids is 2. The molecule has 3 amide bonds. The van der Waals surface area contributed by atoms with E-state index in [0.29, 0.717) is 0 Å². The zero-order chi connectivity index (χ0) is 15.9. The molecule has 1 aliphatic heterocycles. The Morgan fingerprint density at radius 1 is 1.00 bits per heavy atom. The monoisotopic (exact) mass is 295 g/mol. The molecular formula is C17H17N3O2. The Morgan fingerprint density at radius 3 is 2.27 bits per heavy atom. The van der Waals surface area contributed by atoms with Gasteiger partial charge in [0.1, 0.15) is 5.70 Å². The number of nitrogens with zero attached hydrogens (tertiary/aromatic N) is 1. The predicted octanol–water partition coefficient (Wildman–Crippen LogP) is 2.58. The van der Waals surface area contributed by atoms with Crippen LogP contribution in [0.25, 0.3) is 11.8 Å². The lowest BCUT2D eigenvalue weighted by molar-refractivity contribution is -0.115. The van der Waals surface area contributed by atoms with Crippen LogP contribution in [0.3, 0.4) is 0 Å². The minimum absolute atomic E-state index is 0.272. The third-order valence-corrected chi connectivity index (χ3v) is 3.78. The summed E-state index contributed by atoms with van der Waals surface area (Å²) in [6.45, 7) is 6.06. The molecule has 1 aromatic carbocycles. The maximum atomic E-state index is 11.6. The molecule has 112 valence electrons. The number of nitrogens with one attached hydrogen (secondary N) is 2. The fraction of sp³-hybridized carbons (Fsp3) is 0.176. The fourth-order valence-corrected chi connectivity index (χ4v) is 2.66. The molecule has 0 bridgehead atoms. The molecular weight excluding hydrogens is 278 g/mol. The molecule has 1 fully saturated rings. The van der Waals surface area contributed by atoms with Crippen molar-refractivity contribution in [3.63, 3.8) is 0 Å². The highest BCUT2D eigenvalue weighted by atomic mass is 16.2. The molecule has 2 aromatic rings. The lowest BCUT2D eigenvalue weighted by atomic mass is 10.2. The van der Waals surface area contributed by atoms with Crippen molar-refractivity contribution in [1.29, 1.82) is 0 Å². The van der Waals surface area contributed by atoms with Crippen molar-refractivity contribution in [1.82, 2.24) is 15.2 Å². The van der Waals surface area contributed by atoms with E-state index in [0.717, 1.165) is 22.6 Å². The van der Waals surface area contributed by atoms with Gasteiger partial charge in [-0.25, -0.2) is 4.79 Å². The van der Waals surface area contributed by atoms with Gasteiger partial charge in [-0.05, 0) is 50.6 Å². The SMILES string of the molecule is Cc1ccc(-n2c(C)cc(/C=C3/NC(=O)NC3=O)c2C)cc1. The Kier molecular flexibility index (Phi) is 3.33. The van der Waals surface area contributed by atoms with E-state index in [2.05, 4.69) is 46.4 Å². The van der Waals surface area contributed by atoms with E-state index in [4.69, 9.17) is 0 Å². The number of amides is 3. The van der Waals surface area contributed by atoms with Crippen molar-refractivity contribution < 1.29 is 9.59 Å². The molecule has 2 N–H and O–H groups in total. The van der Waals surface area contributed by atoms with Crippen LogP contribution in [0.1, 0.15) is 22.5 Å². The lowest BCUT2D eigenvalue weighted by Gasteiger charge is -2.10. The second-order valence-electron chi connectivity index (χ2n) is 5.46. The summed E-state index contributed by atoms with van der Waals surface area (Å²) in [4.78, 5) is 22.8. The molecule has 0 atom stereocenters. The van der Waals surface area contributed by atoms with E-state index in [-0.39, 0.29) is 5.70 Å². The van der Waals surface area contributed by atoms with E-state index in [1.54, 1.807) is 6.08 Å². The number of benzene rings is 1.